The SMILES string of the molecule is O=C(O)C(F)(F)F.O=C(c1ccsc1)N1CCc2c(COCC3CC3)cncc2C1. The lowest BCUT2D eigenvalue weighted by Crippen LogP contribution is -2.36. The molecule has 1 aliphatic carbocycles. The minimum absolute atomic E-state index is 0.118. The number of fused-ring (bicyclic) bond motifs is 1. The van der Waals surface area contributed by atoms with Gasteiger partial charge in [0.05, 0.1) is 12.2 Å². The number of carbonyl (C=O) groups excluding carboxylic acids is 1. The van der Waals surface area contributed by atoms with Gasteiger partial charge in [-0.1, -0.05) is 0 Å². The summed E-state index contributed by atoms with van der Waals surface area (Å²) in [6, 6.07) is 1.89. The monoisotopic (exact) mass is 442 g/mol. The van der Waals surface area contributed by atoms with E-state index in [0.29, 0.717) is 13.2 Å². The second-order valence-corrected chi connectivity index (χ2v) is 7.97. The van der Waals surface area contributed by atoms with Crippen LogP contribution in [0.1, 0.15) is 39.9 Å². The number of alkyl halides is 3. The minimum Gasteiger partial charge on any atom is -0.475 e. The van der Waals surface area contributed by atoms with Gasteiger partial charge in [-0.15, -0.1) is 0 Å². The average Bonchev–Trinajstić information content (AvgIpc) is 3.37. The fraction of sp³-hybridized carbons (Fsp3) is 0.450. The normalized spacial score (nSPS) is 15.8. The van der Waals surface area contributed by atoms with E-state index in [1.807, 2.05) is 34.1 Å². The quantitative estimate of drug-likeness (QED) is 0.760. The molecule has 2 aromatic rings. The molecular formula is C20H21F3N2O4S. The third-order valence-corrected chi connectivity index (χ3v) is 5.52. The molecule has 30 heavy (non-hydrogen) atoms. The van der Waals surface area contributed by atoms with Crippen LogP contribution in [0.2, 0.25) is 0 Å². The molecule has 0 bridgehead atoms. The van der Waals surface area contributed by atoms with Gasteiger partial charge < -0.3 is 14.7 Å². The number of halogens is 3. The van der Waals surface area contributed by atoms with Gasteiger partial charge in [-0.3, -0.25) is 9.78 Å². The molecule has 1 amide bonds. The van der Waals surface area contributed by atoms with Crippen LogP contribution in [0.5, 0.6) is 0 Å². The third-order valence-electron chi connectivity index (χ3n) is 4.83. The van der Waals surface area contributed by atoms with Crippen molar-refractivity contribution in [2.24, 2.45) is 5.92 Å². The number of thiophene rings is 1. The molecule has 0 spiro atoms. The maximum absolute atomic E-state index is 12.5. The smallest absolute Gasteiger partial charge is 0.475 e. The van der Waals surface area contributed by atoms with Crippen LogP contribution in [-0.4, -0.2) is 46.2 Å². The molecule has 0 radical (unpaired) electrons. The molecule has 0 aromatic carbocycles. The topological polar surface area (TPSA) is 79.7 Å². The highest BCUT2D eigenvalue weighted by molar-refractivity contribution is 7.08. The van der Waals surface area contributed by atoms with E-state index in [0.717, 1.165) is 36.6 Å². The molecular weight excluding hydrogens is 421 g/mol. The van der Waals surface area contributed by atoms with Gasteiger partial charge in [0.2, 0.25) is 0 Å². The number of aliphatic carboxylic acids is 1. The maximum Gasteiger partial charge on any atom is 0.490 e. The Balaban J connectivity index is 0.000000318. The maximum atomic E-state index is 12.5. The molecule has 1 aliphatic heterocycles. The number of carboxylic acids is 1. The molecule has 1 saturated carbocycles. The predicted octanol–water partition coefficient (Wildman–Crippen LogP) is 3.90. The van der Waals surface area contributed by atoms with Crippen molar-refractivity contribution < 1.29 is 32.6 Å². The largest absolute Gasteiger partial charge is 0.490 e. The molecule has 0 unspecified atom stereocenters. The highest BCUT2D eigenvalue weighted by Crippen LogP contribution is 2.30. The first-order chi connectivity index (χ1) is 14.3. The van der Waals surface area contributed by atoms with Gasteiger partial charge >= 0.3 is 12.1 Å². The van der Waals surface area contributed by atoms with Crippen LogP contribution in [0.15, 0.2) is 29.2 Å². The number of rotatable bonds is 5. The fourth-order valence-electron chi connectivity index (χ4n) is 3.05. The molecule has 6 nitrogen and oxygen atoms in total. The van der Waals surface area contributed by atoms with Gasteiger partial charge in [-0.2, -0.15) is 24.5 Å². The van der Waals surface area contributed by atoms with E-state index in [1.165, 1.54) is 24.0 Å². The van der Waals surface area contributed by atoms with Crippen molar-refractivity contribution in [1.29, 1.82) is 0 Å². The lowest BCUT2D eigenvalue weighted by molar-refractivity contribution is -0.192. The number of ether oxygens (including phenoxy) is 1. The summed E-state index contributed by atoms with van der Waals surface area (Å²) in [4.78, 5) is 27.7. The third kappa shape index (κ3) is 6.02. The Morgan fingerprint density at radius 3 is 2.63 bits per heavy atom. The molecule has 4 rings (SSSR count). The number of nitrogens with zero attached hydrogens (tertiary/aromatic N) is 2. The first kappa shape index (κ1) is 22.2. The fourth-order valence-corrected chi connectivity index (χ4v) is 3.68. The summed E-state index contributed by atoms with van der Waals surface area (Å²) in [6.45, 7) is 2.92. The van der Waals surface area contributed by atoms with E-state index in [9.17, 15) is 18.0 Å². The highest BCUT2D eigenvalue weighted by Gasteiger charge is 2.38. The summed E-state index contributed by atoms with van der Waals surface area (Å²) in [5.74, 6) is -1.86. The zero-order chi connectivity index (χ0) is 21.7. The first-order valence-corrected chi connectivity index (χ1v) is 10.3. The van der Waals surface area contributed by atoms with Crippen molar-refractivity contribution in [3.05, 3.63) is 51.5 Å². The number of pyridine rings is 1. The minimum atomic E-state index is -5.08. The Labute approximate surface area is 175 Å². The zero-order valence-corrected chi connectivity index (χ0v) is 16.8. The second-order valence-electron chi connectivity index (χ2n) is 7.19. The molecule has 1 fully saturated rings. The van der Waals surface area contributed by atoms with Gasteiger partial charge in [0, 0.05) is 37.5 Å². The van der Waals surface area contributed by atoms with Crippen LogP contribution in [0, 0.1) is 5.92 Å². The van der Waals surface area contributed by atoms with Crippen molar-refractivity contribution in [3.63, 3.8) is 0 Å². The summed E-state index contributed by atoms with van der Waals surface area (Å²) < 4.78 is 37.6. The van der Waals surface area contributed by atoms with E-state index in [-0.39, 0.29) is 5.91 Å². The van der Waals surface area contributed by atoms with Crippen molar-refractivity contribution in [3.8, 4) is 0 Å². The zero-order valence-electron chi connectivity index (χ0n) is 16.0. The van der Waals surface area contributed by atoms with Crippen LogP contribution in [-0.2, 0) is 29.1 Å². The molecule has 1 N–H and O–H groups in total. The van der Waals surface area contributed by atoms with Gasteiger partial charge in [0.1, 0.15) is 0 Å². The Hall–Kier alpha value is -2.46. The predicted molar refractivity (Wildman–Crippen MR) is 103 cm³/mol. The lowest BCUT2D eigenvalue weighted by Gasteiger charge is -2.29. The van der Waals surface area contributed by atoms with E-state index >= 15 is 0 Å². The van der Waals surface area contributed by atoms with E-state index in [2.05, 4.69) is 4.98 Å². The molecule has 10 heteroatoms. The van der Waals surface area contributed by atoms with Crippen molar-refractivity contribution in [1.82, 2.24) is 9.88 Å². The molecule has 162 valence electrons. The highest BCUT2D eigenvalue weighted by atomic mass is 32.1. The number of carbonyl (C=O) groups is 2. The second kappa shape index (κ2) is 9.57. The Bertz CT molecular complexity index is 883. The molecule has 2 aliphatic rings. The number of amides is 1. The lowest BCUT2D eigenvalue weighted by atomic mass is 9.97. The van der Waals surface area contributed by atoms with Gasteiger partial charge in [0.25, 0.3) is 5.91 Å². The van der Waals surface area contributed by atoms with Crippen molar-refractivity contribution >= 4 is 23.2 Å². The number of hydrogen-bond donors (Lipinski definition) is 1. The van der Waals surface area contributed by atoms with Crippen LogP contribution in [0.4, 0.5) is 13.2 Å². The first-order valence-electron chi connectivity index (χ1n) is 9.39. The van der Waals surface area contributed by atoms with Crippen molar-refractivity contribution in [2.45, 2.75) is 38.6 Å². The van der Waals surface area contributed by atoms with Gasteiger partial charge in [0.15, 0.2) is 0 Å². The van der Waals surface area contributed by atoms with Gasteiger partial charge in [-0.05, 0) is 53.3 Å². The van der Waals surface area contributed by atoms with Crippen LogP contribution >= 0.6 is 11.3 Å². The number of carboxylic acid groups (broad SMARTS) is 1. The number of aromatic nitrogens is 1. The Kier molecular flexibility index (Phi) is 7.09. The molecule has 0 atom stereocenters. The summed E-state index contributed by atoms with van der Waals surface area (Å²) in [7, 11) is 0. The van der Waals surface area contributed by atoms with Gasteiger partial charge in [-0.25, -0.2) is 4.79 Å². The van der Waals surface area contributed by atoms with E-state index in [4.69, 9.17) is 14.6 Å². The van der Waals surface area contributed by atoms with E-state index in [1.54, 1.807) is 11.3 Å². The summed E-state index contributed by atoms with van der Waals surface area (Å²) in [6.07, 6.45) is 2.24. The van der Waals surface area contributed by atoms with Crippen LogP contribution < -0.4 is 0 Å². The summed E-state index contributed by atoms with van der Waals surface area (Å²) in [5.41, 5.74) is 4.46. The average molecular weight is 442 g/mol. The molecule has 3 heterocycles. The standard InChI is InChI=1S/C18H20N2O2S.C2HF3O2/c21-18(14-4-6-23-12-14)20-5-3-17-15(9-20)7-19-8-16(17)11-22-10-13-1-2-13;3-2(4,5)1(6)7/h4,6-8,12-13H,1-3,5,9-11H2;(H,6,7). The summed E-state index contributed by atoms with van der Waals surface area (Å²) >= 11 is 1.56. The van der Waals surface area contributed by atoms with E-state index < -0.39 is 12.1 Å². The molecule has 0 saturated heterocycles. The Morgan fingerprint density at radius 1 is 1.30 bits per heavy atom. The Morgan fingerprint density at radius 2 is 2.03 bits per heavy atom. The summed E-state index contributed by atoms with van der Waals surface area (Å²) in [5, 5.41) is 11.0. The van der Waals surface area contributed by atoms with Crippen molar-refractivity contribution in [2.75, 3.05) is 13.2 Å². The number of hydrogen-bond acceptors (Lipinski definition) is 5. The van der Waals surface area contributed by atoms with Crippen LogP contribution in [0.25, 0.3) is 0 Å². The molecule has 2 aromatic heterocycles. The van der Waals surface area contributed by atoms with Crippen LogP contribution in [0.3, 0.4) is 0 Å².